The maximum Gasteiger partial charge on any atom is 0.319 e. The maximum atomic E-state index is 16.8. The number of nitrogens with zero attached hydrogens (tertiary/aromatic N) is 5. The Morgan fingerprint density at radius 2 is 1.89 bits per heavy atom. The van der Waals surface area contributed by atoms with E-state index in [2.05, 4.69) is 19.9 Å². The molecule has 3 aliphatic heterocycles. The molecular weight excluding hydrogens is 605 g/mol. The van der Waals surface area contributed by atoms with Gasteiger partial charge in [-0.05, 0) is 73.2 Å². The number of benzene rings is 2. The van der Waals surface area contributed by atoms with Crippen LogP contribution >= 0.6 is 0 Å². The summed E-state index contributed by atoms with van der Waals surface area (Å²) in [4.78, 5) is 17.4. The lowest BCUT2D eigenvalue weighted by Crippen LogP contribution is -2.43. The topological polar surface area (TPSA) is 74.6 Å². The smallest absolute Gasteiger partial charge is 0.319 e. The average molecular weight is 640 g/mol. The second-order valence-electron chi connectivity index (χ2n) is 13.5. The molecule has 242 valence electrons. The largest absolute Gasteiger partial charge is 0.508 e. The Morgan fingerprint density at radius 1 is 1.09 bits per heavy atom. The van der Waals surface area contributed by atoms with E-state index in [0.29, 0.717) is 55.1 Å². The first-order valence-electron chi connectivity index (χ1n) is 16.0. The Balaban J connectivity index is 1.27. The van der Waals surface area contributed by atoms with Gasteiger partial charge in [-0.3, -0.25) is 9.88 Å². The van der Waals surface area contributed by atoms with E-state index >= 15 is 4.39 Å². The minimum absolute atomic E-state index is 0.0481. The van der Waals surface area contributed by atoms with Crippen molar-refractivity contribution in [3.05, 3.63) is 47.7 Å². The molecule has 0 bridgehead atoms. The average Bonchev–Trinajstić information content (AvgIpc) is 3.26. The number of phenols is 1. The van der Waals surface area contributed by atoms with Gasteiger partial charge in [0.2, 0.25) is 0 Å². The number of fused-ring (bicyclic) bond motifs is 3. The second kappa shape index (κ2) is 10.4. The monoisotopic (exact) mass is 639 g/mol. The Kier molecular flexibility index (Phi) is 6.66. The van der Waals surface area contributed by atoms with Crippen molar-refractivity contribution < 1.29 is 31.8 Å². The zero-order valence-electron chi connectivity index (χ0n) is 25.4. The molecule has 4 aliphatic rings. The summed E-state index contributed by atoms with van der Waals surface area (Å²) in [5.41, 5.74) is -1.39. The first-order valence-corrected chi connectivity index (χ1v) is 16.0. The Bertz CT molecular complexity index is 1890. The number of hydrogen-bond acceptors (Lipinski definition) is 7. The number of aromatic nitrogens is 3. The van der Waals surface area contributed by atoms with Crippen LogP contribution in [0.3, 0.4) is 0 Å². The first kappa shape index (κ1) is 29.6. The lowest BCUT2D eigenvalue weighted by atomic mass is 9.93. The molecule has 2 aromatic heterocycles. The maximum absolute atomic E-state index is 16.8. The van der Waals surface area contributed by atoms with Crippen molar-refractivity contribution in [1.29, 1.82) is 0 Å². The van der Waals surface area contributed by atoms with Crippen molar-refractivity contribution in [3.8, 4) is 23.0 Å². The van der Waals surface area contributed by atoms with Crippen LogP contribution in [0.1, 0.15) is 51.0 Å². The Hall–Kier alpha value is -3.80. The second-order valence-corrected chi connectivity index (χ2v) is 13.5. The molecule has 3 saturated heterocycles. The Labute approximate surface area is 262 Å². The highest BCUT2D eigenvalue weighted by atomic mass is 19.3. The van der Waals surface area contributed by atoms with E-state index in [-0.39, 0.29) is 59.3 Å². The van der Waals surface area contributed by atoms with Crippen molar-refractivity contribution in [2.24, 2.45) is 5.41 Å². The van der Waals surface area contributed by atoms with Crippen LogP contribution in [-0.4, -0.2) is 75.4 Å². The molecular formula is C34H34F5N5O2. The molecule has 2 aromatic carbocycles. The Morgan fingerprint density at radius 3 is 2.67 bits per heavy atom. The van der Waals surface area contributed by atoms with Crippen LogP contribution in [-0.2, 0) is 6.42 Å². The zero-order chi connectivity index (χ0) is 32.0. The summed E-state index contributed by atoms with van der Waals surface area (Å²) in [7, 11) is 0. The fourth-order valence-electron chi connectivity index (χ4n) is 8.33. The van der Waals surface area contributed by atoms with E-state index in [1.54, 1.807) is 11.8 Å². The van der Waals surface area contributed by atoms with Crippen molar-refractivity contribution >= 4 is 27.5 Å². The fraction of sp³-hybridized carbons (Fsp3) is 0.500. The summed E-state index contributed by atoms with van der Waals surface area (Å²) in [6, 6.07) is 5.54. The first-order chi connectivity index (χ1) is 22.0. The molecule has 1 spiro atoms. The van der Waals surface area contributed by atoms with Gasteiger partial charge in [-0.2, -0.15) is 9.97 Å². The van der Waals surface area contributed by atoms with Crippen LogP contribution < -0.4 is 9.64 Å². The van der Waals surface area contributed by atoms with E-state index in [0.717, 1.165) is 19.4 Å². The number of anilines is 1. The SMILES string of the molecule is CCc1c(F)ccc2cc(O)cc(-c3ncc4c(N5CCCC6(C5)CC6(F)F)nc(OC[C@@]56CCCN5C[C@H](F)C6)nc4c3F)c12. The minimum Gasteiger partial charge on any atom is -0.508 e. The molecule has 4 fully saturated rings. The number of hydrogen-bond donors (Lipinski definition) is 1. The van der Waals surface area contributed by atoms with Crippen LogP contribution in [0.2, 0.25) is 0 Å². The van der Waals surface area contributed by atoms with Gasteiger partial charge in [0.1, 0.15) is 41.4 Å². The molecule has 12 heteroatoms. The predicted octanol–water partition coefficient (Wildman–Crippen LogP) is 6.97. The van der Waals surface area contributed by atoms with Gasteiger partial charge in [-0.15, -0.1) is 0 Å². The number of aryl methyl sites for hydroxylation is 1. The molecule has 46 heavy (non-hydrogen) atoms. The summed E-state index contributed by atoms with van der Waals surface area (Å²) in [6.45, 7) is 3.48. The molecule has 0 radical (unpaired) electrons. The third-order valence-electron chi connectivity index (χ3n) is 10.7. The number of halogens is 5. The lowest BCUT2D eigenvalue weighted by molar-refractivity contribution is 0.0574. The molecule has 1 unspecified atom stereocenters. The van der Waals surface area contributed by atoms with Gasteiger partial charge in [0.15, 0.2) is 5.82 Å². The number of rotatable bonds is 6. The lowest BCUT2D eigenvalue weighted by Gasteiger charge is -2.35. The van der Waals surface area contributed by atoms with Crippen molar-refractivity contribution in [2.75, 3.05) is 37.7 Å². The highest BCUT2D eigenvalue weighted by Crippen LogP contribution is 2.64. The molecule has 7 nitrogen and oxygen atoms in total. The van der Waals surface area contributed by atoms with Gasteiger partial charge in [0.25, 0.3) is 5.92 Å². The van der Waals surface area contributed by atoms with E-state index in [9.17, 15) is 22.7 Å². The molecule has 1 N–H and O–H groups in total. The van der Waals surface area contributed by atoms with Gasteiger partial charge >= 0.3 is 6.01 Å². The number of ether oxygens (including phenoxy) is 1. The standard InChI is InChI=1S/C34H34F5N5O2/c1-2-22-25(36)6-5-19-11-21(45)12-23(26(19)22)28-27(37)29-24(14-40-28)30(43-9-3-7-32(17-43)16-34(32,38)39)42-31(41-29)46-18-33-8-4-10-44(33)15-20(35)13-33/h5-6,11-12,14,20,45H,2-4,7-10,13,15-18H2,1H3/t20-,32?,33+/m1/s1. The fourth-order valence-corrected chi connectivity index (χ4v) is 8.33. The van der Waals surface area contributed by atoms with E-state index < -0.39 is 34.7 Å². The van der Waals surface area contributed by atoms with E-state index in [1.807, 2.05) is 0 Å². The summed E-state index contributed by atoms with van der Waals surface area (Å²) in [6.07, 6.45) is 3.44. The normalized spacial score (nSPS) is 27.2. The zero-order valence-corrected chi connectivity index (χ0v) is 25.4. The summed E-state index contributed by atoms with van der Waals surface area (Å²) in [5, 5.41) is 11.7. The quantitative estimate of drug-likeness (QED) is 0.229. The molecule has 4 aromatic rings. The van der Waals surface area contributed by atoms with Crippen LogP contribution in [0.25, 0.3) is 32.9 Å². The van der Waals surface area contributed by atoms with E-state index in [4.69, 9.17) is 4.74 Å². The number of phenolic OH excluding ortho intramolecular Hbond substituents is 1. The summed E-state index contributed by atoms with van der Waals surface area (Å²) >= 11 is 0. The third-order valence-corrected chi connectivity index (χ3v) is 10.7. The summed E-state index contributed by atoms with van der Waals surface area (Å²) < 4.78 is 81.4. The predicted molar refractivity (Wildman–Crippen MR) is 163 cm³/mol. The summed E-state index contributed by atoms with van der Waals surface area (Å²) in [5.74, 6) is -3.96. The highest BCUT2D eigenvalue weighted by molar-refractivity contribution is 6.01. The molecule has 8 rings (SSSR count). The minimum atomic E-state index is -2.77. The van der Waals surface area contributed by atoms with Crippen LogP contribution in [0, 0.1) is 17.0 Å². The highest BCUT2D eigenvalue weighted by Gasteiger charge is 2.71. The van der Waals surface area contributed by atoms with Gasteiger partial charge in [0.05, 0.1) is 16.3 Å². The van der Waals surface area contributed by atoms with Crippen molar-refractivity contribution in [3.63, 3.8) is 0 Å². The van der Waals surface area contributed by atoms with Crippen molar-refractivity contribution in [2.45, 2.75) is 69.5 Å². The van der Waals surface area contributed by atoms with E-state index in [1.165, 1.54) is 30.5 Å². The number of piperidine rings is 1. The van der Waals surface area contributed by atoms with Gasteiger partial charge in [0, 0.05) is 44.2 Å². The molecule has 1 saturated carbocycles. The van der Waals surface area contributed by atoms with Crippen LogP contribution in [0.4, 0.5) is 27.8 Å². The number of alkyl halides is 3. The third kappa shape index (κ3) is 4.50. The van der Waals surface area contributed by atoms with Crippen LogP contribution in [0.15, 0.2) is 30.5 Å². The molecule has 5 heterocycles. The number of pyridine rings is 1. The molecule has 1 aliphatic carbocycles. The van der Waals surface area contributed by atoms with Crippen molar-refractivity contribution in [1.82, 2.24) is 19.9 Å². The molecule has 0 amide bonds. The van der Waals surface area contributed by atoms with Crippen LogP contribution in [0.5, 0.6) is 11.8 Å². The van der Waals surface area contributed by atoms with Gasteiger partial charge in [-0.1, -0.05) is 13.0 Å². The number of aromatic hydroxyl groups is 1. The van der Waals surface area contributed by atoms with Gasteiger partial charge in [-0.25, -0.2) is 22.0 Å². The van der Waals surface area contributed by atoms with Gasteiger partial charge < -0.3 is 14.7 Å². The molecule has 3 atom stereocenters.